The molecule has 1 rings (SSSR count). The molecule has 0 fully saturated rings. The molecule has 0 unspecified atom stereocenters. The molecule has 0 aliphatic carbocycles. The van der Waals surface area contributed by atoms with Gasteiger partial charge >= 0.3 is 0 Å². The summed E-state index contributed by atoms with van der Waals surface area (Å²) in [7, 11) is 1.65. The summed E-state index contributed by atoms with van der Waals surface area (Å²) in [6, 6.07) is 8.42. The summed E-state index contributed by atoms with van der Waals surface area (Å²) < 4.78 is 0. The fourth-order valence-corrected chi connectivity index (χ4v) is 2.36. The van der Waals surface area contributed by atoms with Gasteiger partial charge in [-0.05, 0) is 12.5 Å². The molecule has 0 radical (unpaired) electrons. The maximum atomic E-state index is 10.3. The molecule has 0 bridgehead atoms. The number of hydrogen-bond acceptors (Lipinski definition) is 5. The van der Waals surface area contributed by atoms with Crippen LogP contribution in [-0.4, -0.2) is 24.3 Å². The molecule has 0 aliphatic heterocycles. The Bertz CT molecular complexity index is 449. The van der Waals surface area contributed by atoms with Crippen LogP contribution >= 0.6 is 11.8 Å². The zero-order chi connectivity index (χ0) is 14.1. The van der Waals surface area contributed by atoms with Gasteiger partial charge in [0.2, 0.25) is 0 Å². The standard InChI is InChI=1S/C13H19N3O2S/c1-11-4-3-5-12(8-11)10-19-7-6-15-13(14-2)9-16(17)18/h3-5,8-9,14-15H,6-7,10H2,1-2H3. The second-order valence-corrected chi connectivity index (χ2v) is 5.15. The van der Waals surface area contributed by atoms with Crippen molar-refractivity contribution in [3.05, 3.63) is 57.5 Å². The lowest BCUT2D eigenvalue weighted by Gasteiger charge is -2.07. The van der Waals surface area contributed by atoms with Crippen LogP contribution in [0.3, 0.4) is 0 Å². The molecular weight excluding hydrogens is 262 g/mol. The van der Waals surface area contributed by atoms with Crippen molar-refractivity contribution in [2.45, 2.75) is 12.7 Å². The summed E-state index contributed by atoms with van der Waals surface area (Å²) in [5.41, 5.74) is 2.57. The monoisotopic (exact) mass is 281 g/mol. The molecule has 0 spiro atoms. The van der Waals surface area contributed by atoms with Crippen molar-refractivity contribution < 1.29 is 4.92 Å². The molecule has 0 saturated carbocycles. The molecule has 1 aromatic carbocycles. The van der Waals surface area contributed by atoms with Gasteiger partial charge in [-0.2, -0.15) is 11.8 Å². The lowest BCUT2D eigenvalue weighted by Crippen LogP contribution is -2.26. The van der Waals surface area contributed by atoms with Crippen molar-refractivity contribution in [1.82, 2.24) is 10.6 Å². The summed E-state index contributed by atoms with van der Waals surface area (Å²) in [4.78, 5) is 9.84. The van der Waals surface area contributed by atoms with Crippen LogP contribution in [0.4, 0.5) is 0 Å². The topological polar surface area (TPSA) is 67.2 Å². The normalized spacial score (nSPS) is 11.2. The second-order valence-electron chi connectivity index (χ2n) is 4.05. The van der Waals surface area contributed by atoms with E-state index >= 15 is 0 Å². The van der Waals surface area contributed by atoms with E-state index in [1.165, 1.54) is 11.1 Å². The third kappa shape index (κ3) is 6.71. The quantitative estimate of drug-likeness (QED) is 0.434. The zero-order valence-corrected chi connectivity index (χ0v) is 12.0. The van der Waals surface area contributed by atoms with E-state index in [-0.39, 0.29) is 0 Å². The first-order valence-electron chi connectivity index (χ1n) is 6.02. The Kier molecular flexibility index (Phi) is 6.81. The van der Waals surface area contributed by atoms with Crippen LogP contribution in [0.1, 0.15) is 11.1 Å². The van der Waals surface area contributed by atoms with Crippen LogP contribution in [0.15, 0.2) is 36.3 Å². The Hall–Kier alpha value is -1.69. The molecule has 0 amide bonds. The van der Waals surface area contributed by atoms with Gasteiger partial charge in [0.15, 0.2) is 5.82 Å². The van der Waals surface area contributed by atoms with Crippen LogP contribution in [0.2, 0.25) is 0 Å². The molecule has 0 aromatic heterocycles. The zero-order valence-electron chi connectivity index (χ0n) is 11.2. The minimum atomic E-state index is -0.473. The summed E-state index contributed by atoms with van der Waals surface area (Å²) in [6.45, 7) is 2.77. The summed E-state index contributed by atoms with van der Waals surface area (Å²) >= 11 is 1.80. The van der Waals surface area contributed by atoms with E-state index in [9.17, 15) is 10.1 Å². The highest BCUT2D eigenvalue weighted by Crippen LogP contribution is 2.12. The molecule has 0 aliphatic rings. The van der Waals surface area contributed by atoms with Crippen molar-refractivity contribution in [2.24, 2.45) is 0 Å². The molecule has 1 aromatic rings. The maximum absolute atomic E-state index is 10.3. The minimum Gasteiger partial charge on any atom is -0.370 e. The van der Waals surface area contributed by atoms with E-state index in [0.717, 1.165) is 17.7 Å². The average molecular weight is 281 g/mol. The van der Waals surface area contributed by atoms with Crippen molar-refractivity contribution >= 4 is 11.8 Å². The van der Waals surface area contributed by atoms with Crippen molar-refractivity contribution in [1.29, 1.82) is 0 Å². The third-order valence-electron chi connectivity index (χ3n) is 2.42. The van der Waals surface area contributed by atoms with Gasteiger partial charge in [0.05, 0.1) is 4.92 Å². The summed E-state index contributed by atoms with van der Waals surface area (Å²) in [5, 5.41) is 16.1. The van der Waals surface area contributed by atoms with Gasteiger partial charge < -0.3 is 10.6 Å². The molecule has 0 atom stereocenters. The van der Waals surface area contributed by atoms with Gasteiger partial charge in [0, 0.05) is 25.1 Å². The second kappa shape index (κ2) is 8.42. The molecule has 5 nitrogen and oxygen atoms in total. The number of rotatable bonds is 8. The highest BCUT2D eigenvalue weighted by molar-refractivity contribution is 7.98. The smallest absolute Gasteiger partial charge is 0.274 e. The number of hydrogen-bond donors (Lipinski definition) is 2. The number of thioether (sulfide) groups is 1. The molecule has 2 N–H and O–H groups in total. The van der Waals surface area contributed by atoms with Crippen LogP contribution in [0.5, 0.6) is 0 Å². The Morgan fingerprint density at radius 2 is 2.32 bits per heavy atom. The predicted molar refractivity (Wildman–Crippen MR) is 79.5 cm³/mol. The van der Waals surface area contributed by atoms with Crippen LogP contribution in [0, 0.1) is 17.0 Å². The average Bonchev–Trinajstić information content (AvgIpc) is 2.36. The first kappa shape index (κ1) is 15.4. The molecule has 19 heavy (non-hydrogen) atoms. The van der Waals surface area contributed by atoms with Crippen LogP contribution < -0.4 is 10.6 Å². The first-order valence-corrected chi connectivity index (χ1v) is 7.17. The number of nitrogens with zero attached hydrogens (tertiary/aromatic N) is 1. The van der Waals surface area contributed by atoms with Crippen LogP contribution in [-0.2, 0) is 5.75 Å². The maximum Gasteiger partial charge on any atom is 0.274 e. The fraction of sp³-hybridized carbons (Fsp3) is 0.385. The summed E-state index contributed by atoms with van der Waals surface area (Å²) in [5.74, 6) is 2.28. The van der Waals surface area contributed by atoms with E-state index in [1.807, 2.05) is 0 Å². The van der Waals surface area contributed by atoms with Crippen LogP contribution in [0.25, 0.3) is 0 Å². The van der Waals surface area contributed by atoms with E-state index in [4.69, 9.17) is 0 Å². The SMILES string of the molecule is CNC(=C[N+](=O)[O-])NCCSCc1cccc(C)c1. The Morgan fingerprint density at radius 1 is 1.53 bits per heavy atom. The summed E-state index contributed by atoms with van der Waals surface area (Å²) in [6.07, 6.45) is 0.936. The van der Waals surface area contributed by atoms with Crippen molar-refractivity contribution in [3.8, 4) is 0 Å². The van der Waals surface area contributed by atoms with E-state index in [2.05, 4.69) is 41.8 Å². The largest absolute Gasteiger partial charge is 0.370 e. The Labute approximate surface area is 117 Å². The highest BCUT2D eigenvalue weighted by atomic mass is 32.2. The lowest BCUT2D eigenvalue weighted by molar-refractivity contribution is -0.404. The first-order chi connectivity index (χ1) is 9.11. The molecule has 104 valence electrons. The third-order valence-corrected chi connectivity index (χ3v) is 3.45. The number of nitrogens with one attached hydrogen (secondary N) is 2. The van der Waals surface area contributed by atoms with Crippen molar-refractivity contribution in [3.63, 3.8) is 0 Å². The van der Waals surface area contributed by atoms with Gasteiger partial charge in [-0.1, -0.05) is 29.8 Å². The van der Waals surface area contributed by atoms with E-state index in [0.29, 0.717) is 12.4 Å². The van der Waals surface area contributed by atoms with Gasteiger partial charge in [-0.3, -0.25) is 10.1 Å². The van der Waals surface area contributed by atoms with E-state index < -0.39 is 4.92 Å². The number of nitro groups is 1. The Morgan fingerprint density at radius 3 is 2.95 bits per heavy atom. The lowest BCUT2D eigenvalue weighted by atomic mass is 10.2. The van der Waals surface area contributed by atoms with Gasteiger partial charge in [-0.25, -0.2) is 0 Å². The molecule has 6 heteroatoms. The van der Waals surface area contributed by atoms with Crippen molar-refractivity contribution in [2.75, 3.05) is 19.3 Å². The highest BCUT2D eigenvalue weighted by Gasteiger charge is 1.99. The number of aryl methyl sites for hydroxylation is 1. The van der Waals surface area contributed by atoms with Gasteiger partial charge in [-0.15, -0.1) is 0 Å². The Balaban J connectivity index is 2.22. The van der Waals surface area contributed by atoms with Gasteiger partial charge in [0.25, 0.3) is 6.20 Å². The van der Waals surface area contributed by atoms with E-state index in [1.54, 1.807) is 18.8 Å². The molecule has 0 saturated heterocycles. The number of benzene rings is 1. The molecule has 0 heterocycles. The van der Waals surface area contributed by atoms with Gasteiger partial charge in [0.1, 0.15) is 0 Å². The molecular formula is C13H19N3O2S. The minimum absolute atomic E-state index is 0.432. The fourth-order valence-electron chi connectivity index (χ4n) is 1.55. The predicted octanol–water partition coefficient (Wildman–Crippen LogP) is 2.11.